The van der Waals surface area contributed by atoms with Gasteiger partial charge in [0.25, 0.3) is 0 Å². The number of methoxy groups -OCH3 is 2. The molecule has 1 aromatic carbocycles. The minimum Gasteiger partial charge on any atom is -0.385 e. The maximum absolute atomic E-state index is 10.7. The molecule has 1 rings (SSSR count). The molecule has 0 unspecified atom stereocenters. The summed E-state index contributed by atoms with van der Waals surface area (Å²) in [5.41, 5.74) is 1.50. The molecule has 0 fully saturated rings. The molecule has 0 amide bonds. The fraction of sp³-hybridized carbons (Fsp3) is 0.500. The van der Waals surface area contributed by atoms with Gasteiger partial charge in [0, 0.05) is 39.5 Å². The molecule has 0 bridgehead atoms. The molecule has 0 saturated carbocycles. The Hall–Kier alpha value is -1.10. The standard InChI is InChI=1S/C14H20ClNO3/c1-18-8-3-6-16(7-9-19-2)14-5-4-12(11-17)10-13(14)15/h4-5,10-11H,3,6-9H2,1-2H3. The van der Waals surface area contributed by atoms with Crippen LogP contribution in [-0.4, -0.2) is 46.8 Å². The van der Waals surface area contributed by atoms with Gasteiger partial charge in [-0.05, 0) is 24.6 Å². The van der Waals surface area contributed by atoms with Crippen molar-refractivity contribution >= 4 is 23.6 Å². The molecule has 0 aromatic heterocycles. The number of aldehydes is 1. The predicted molar refractivity (Wildman–Crippen MR) is 77.4 cm³/mol. The van der Waals surface area contributed by atoms with Crippen molar-refractivity contribution in [1.82, 2.24) is 0 Å². The van der Waals surface area contributed by atoms with E-state index >= 15 is 0 Å². The number of hydrogen-bond donors (Lipinski definition) is 0. The second-order valence-corrected chi connectivity index (χ2v) is 4.56. The molecule has 0 aliphatic carbocycles. The van der Waals surface area contributed by atoms with Gasteiger partial charge in [-0.25, -0.2) is 0 Å². The minimum atomic E-state index is 0.581. The van der Waals surface area contributed by atoms with E-state index in [9.17, 15) is 4.79 Å². The van der Waals surface area contributed by atoms with Gasteiger partial charge in [-0.15, -0.1) is 0 Å². The summed E-state index contributed by atoms with van der Waals surface area (Å²) < 4.78 is 10.2. The van der Waals surface area contributed by atoms with E-state index in [2.05, 4.69) is 4.90 Å². The van der Waals surface area contributed by atoms with Crippen molar-refractivity contribution in [3.63, 3.8) is 0 Å². The van der Waals surface area contributed by atoms with E-state index in [1.807, 2.05) is 6.07 Å². The molecule has 0 N–H and O–H groups in total. The molecule has 0 spiro atoms. The van der Waals surface area contributed by atoms with Crippen molar-refractivity contribution in [2.24, 2.45) is 0 Å². The highest BCUT2D eigenvalue weighted by Gasteiger charge is 2.10. The number of benzene rings is 1. The first-order chi connectivity index (χ1) is 9.22. The van der Waals surface area contributed by atoms with Crippen LogP contribution in [0.5, 0.6) is 0 Å². The Balaban J connectivity index is 2.79. The van der Waals surface area contributed by atoms with Crippen molar-refractivity contribution in [2.45, 2.75) is 6.42 Å². The molecule has 0 saturated heterocycles. The van der Waals surface area contributed by atoms with Gasteiger partial charge < -0.3 is 14.4 Å². The summed E-state index contributed by atoms with van der Waals surface area (Å²) >= 11 is 6.22. The normalized spacial score (nSPS) is 10.5. The van der Waals surface area contributed by atoms with Crippen LogP contribution in [0.15, 0.2) is 18.2 Å². The zero-order valence-corrected chi connectivity index (χ0v) is 12.2. The lowest BCUT2D eigenvalue weighted by atomic mass is 10.2. The maximum atomic E-state index is 10.7. The predicted octanol–water partition coefficient (Wildman–Crippen LogP) is 2.64. The first-order valence-corrected chi connectivity index (χ1v) is 6.58. The topological polar surface area (TPSA) is 38.8 Å². The van der Waals surface area contributed by atoms with Crippen LogP contribution in [0.3, 0.4) is 0 Å². The second-order valence-electron chi connectivity index (χ2n) is 4.15. The van der Waals surface area contributed by atoms with E-state index in [-0.39, 0.29) is 0 Å². The fourth-order valence-corrected chi connectivity index (χ4v) is 2.12. The van der Waals surface area contributed by atoms with E-state index < -0.39 is 0 Å². The number of ether oxygens (including phenoxy) is 2. The van der Waals surface area contributed by atoms with Crippen LogP contribution in [0.4, 0.5) is 5.69 Å². The van der Waals surface area contributed by atoms with Crippen LogP contribution in [0.2, 0.25) is 5.02 Å². The lowest BCUT2D eigenvalue weighted by Crippen LogP contribution is -2.29. The van der Waals surface area contributed by atoms with Gasteiger partial charge in [-0.2, -0.15) is 0 Å². The average Bonchev–Trinajstić information content (AvgIpc) is 2.43. The van der Waals surface area contributed by atoms with Crippen LogP contribution >= 0.6 is 11.6 Å². The van der Waals surface area contributed by atoms with Gasteiger partial charge in [0.1, 0.15) is 6.29 Å². The lowest BCUT2D eigenvalue weighted by molar-refractivity contribution is 0.112. The van der Waals surface area contributed by atoms with E-state index in [1.54, 1.807) is 26.4 Å². The Morgan fingerprint density at radius 1 is 1.21 bits per heavy atom. The SMILES string of the molecule is COCCCN(CCOC)c1ccc(C=O)cc1Cl. The van der Waals surface area contributed by atoms with Crippen molar-refractivity contribution in [1.29, 1.82) is 0 Å². The van der Waals surface area contributed by atoms with Gasteiger partial charge in [-0.1, -0.05) is 11.6 Å². The van der Waals surface area contributed by atoms with Crippen LogP contribution in [0, 0.1) is 0 Å². The number of hydrogen-bond acceptors (Lipinski definition) is 4. The largest absolute Gasteiger partial charge is 0.385 e. The molecule has 5 heteroatoms. The third-order valence-corrected chi connectivity index (χ3v) is 3.09. The molecule has 0 atom stereocenters. The van der Waals surface area contributed by atoms with Gasteiger partial charge in [-0.3, -0.25) is 4.79 Å². The Morgan fingerprint density at radius 3 is 2.53 bits per heavy atom. The van der Waals surface area contributed by atoms with Crippen molar-refractivity contribution in [3.8, 4) is 0 Å². The number of nitrogens with zero attached hydrogens (tertiary/aromatic N) is 1. The van der Waals surface area contributed by atoms with Crippen LogP contribution in [0.1, 0.15) is 16.8 Å². The van der Waals surface area contributed by atoms with Crippen LogP contribution in [0.25, 0.3) is 0 Å². The van der Waals surface area contributed by atoms with Gasteiger partial charge >= 0.3 is 0 Å². The first-order valence-electron chi connectivity index (χ1n) is 6.20. The summed E-state index contributed by atoms with van der Waals surface area (Å²) in [6.07, 6.45) is 1.70. The van der Waals surface area contributed by atoms with Crippen LogP contribution < -0.4 is 4.90 Å². The molecular formula is C14H20ClNO3. The zero-order chi connectivity index (χ0) is 14.1. The van der Waals surface area contributed by atoms with Crippen LogP contribution in [-0.2, 0) is 9.47 Å². The Morgan fingerprint density at radius 2 is 1.95 bits per heavy atom. The Labute approximate surface area is 119 Å². The summed E-state index contributed by atoms with van der Waals surface area (Å²) in [6.45, 7) is 2.91. The molecule has 1 aromatic rings. The highest BCUT2D eigenvalue weighted by Crippen LogP contribution is 2.26. The van der Waals surface area contributed by atoms with E-state index in [0.717, 1.165) is 31.5 Å². The number of carbonyl (C=O) groups is 1. The van der Waals surface area contributed by atoms with Crippen molar-refractivity contribution < 1.29 is 14.3 Å². The smallest absolute Gasteiger partial charge is 0.150 e. The Kier molecular flexibility index (Phi) is 7.48. The molecule has 106 valence electrons. The van der Waals surface area contributed by atoms with Gasteiger partial charge in [0.2, 0.25) is 0 Å². The highest BCUT2D eigenvalue weighted by molar-refractivity contribution is 6.33. The monoisotopic (exact) mass is 285 g/mol. The van der Waals surface area contributed by atoms with Crippen molar-refractivity contribution in [3.05, 3.63) is 28.8 Å². The lowest BCUT2D eigenvalue weighted by Gasteiger charge is -2.25. The summed E-state index contributed by atoms with van der Waals surface area (Å²) in [5.74, 6) is 0. The molecule has 4 nitrogen and oxygen atoms in total. The first kappa shape index (κ1) is 16.0. The molecule has 0 aliphatic heterocycles. The summed E-state index contributed by atoms with van der Waals surface area (Å²) in [7, 11) is 3.36. The maximum Gasteiger partial charge on any atom is 0.150 e. The van der Waals surface area contributed by atoms with Crippen molar-refractivity contribution in [2.75, 3.05) is 45.4 Å². The summed E-state index contributed by atoms with van der Waals surface area (Å²) in [6, 6.07) is 5.32. The van der Waals surface area contributed by atoms with Gasteiger partial charge in [0.15, 0.2) is 0 Å². The van der Waals surface area contributed by atoms with E-state index in [0.29, 0.717) is 23.8 Å². The third kappa shape index (κ3) is 5.19. The number of carbonyl (C=O) groups excluding carboxylic acids is 1. The molecule has 0 heterocycles. The molecular weight excluding hydrogens is 266 g/mol. The highest BCUT2D eigenvalue weighted by atomic mass is 35.5. The molecule has 0 radical (unpaired) electrons. The third-order valence-electron chi connectivity index (χ3n) is 2.79. The quantitative estimate of drug-likeness (QED) is 0.516. The minimum absolute atomic E-state index is 0.581. The number of anilines is 1. The number of halogens is 1. The summed E-state index contributed by atoms with van der Waals surface area (Å²) in [5, 5.41) is 0.582. The molecule has 19 heavy (non-hydrogen) atoms. The van der Waals surface area contributed by atoms with E-state index in [4.69, 9.17) is 21.1 Å². The second kappa shape index (κ2) is 8.91. The number of rotatable bonds is 9. The fourth-order valence-electron chi connectivity index (χ4n) is 1.81. The zero-order valence-electron chi connectivity index (χ0n) is 11.4. The Bertz CT molecular complexity index is 398. The summed E-state index contributed by atoms with van der Waals surface area (Å²) in [4.78, 5) is 12.9. The van der Waals surface area contributed by atoms with E-state index in [1.165, 1.54) is 0 Å². The average molecular weight is 286 g/mol. The van der Waals surface area contributed by atoms with Gasteiger partial charge in [0.05, 0.1) is 17.3 Å². The molecule has 0 aliphatic rings.